The summed E-state index contributed by atoms with van der Waals surface area (Å²) in [6.45, 7) is 15.4. The van der Waals surface area contributed by atoms with E-state index < -0.39 is 11.7 Å². The third kappa shape index (κ3) is 9.58. The molecule has 39 heavy (non-hydrogen) atoms. The van der Waals surface area contributed by atoms with Crippen LogP contribution in [0.2, 0.25) is 0 Å². The molecule has 210 valence electrons. The maximum atomic E-state index is 11.9. The van der Waals surface area contributed by atoms with Crippen LogP contribution in [-0.4, -0.2) is 36.5 Å². The summed E-state index contributed by atoms with van der Waals surface area (Å²) in [6.07, 6.45) is -0.372. The molecule has 2 atom stereocenters. The molecule has 1 saturated heterocycles. The lowest BCUT2D eigenvalue weighted by Crippen LogP contribution is -2.23. The van der Waals surface area contributed by atoms with Gasteiger partial charge in [-0.25, -0.2) is 0 Å². The molecule has 3 aromatic rings. The van der Waals surface area contributed by atoms with E-state index in [2.05, 4.69) is 91.9 Å². The molecule has 0 saturated carbocycles. The van der Waals surface area contributed by atoms with E-state index in [0.717, 1.165) is 37.2 Å². The smallest absolute Gasteiger partial charge is 0.378 e. The number of likely N-dealkylation sites (N-methyl/N-ethyl adjacent to an activating group) is 1. The zero-order chi connectivity index (χ0) is 28.4. The molecular weight excluding hydrogens is 493 g/mol. The molecule has 0 amide bonds. The Hall–Kier alpha value is -3.05. The van der Waals surface area contributed by atoms with Crippen molar-refractivity contribution < 1.29 is 13.2 Å². The molecule has 0 aromatic heterocycles. The average Bonchev–Trinajstić information content (AvgIpc) is 3.45. The van der Waals surface area contributed by atoms with Crippen molar-refractivity contribution in [3.8, 4) is 0 Å². The molecule has 5 heteroatoms. The maximum Gasteiger partial charge on any atom is 0.416 e. The lowest BCUT2D eigenvalue weighted by molar-refractivity contribution is -0.137. The molecule has 0 spiro atoms. The molecule has 2 unspecified atom stereocenters. The molecule has 1 aliphatic rings. The van der Waals surface area contributed by atoms with Gasteiger partial charge in [-0.2, -0.15) is 13.2 Å². The van der Waals surface area contributed by atoms with Crippen LogP contribution in [0.5, 0.6) is 0 Å². The lowest BCUT2D eigenvalue weighted by Gasteiger charge is -2.28. The van der Waals surface area contributed by atoms with Crippen molar-refractivity contribution in [2.75, 3.05) is 26.7 Å². The van der Waals surface area contributed by atoms with Crippen LogP contribution < -0.4 is 0 Å². The Morgan fingerprint density at radius 3 is 2.03 bits per heavy atom. The number of rotatable bonds is 9. The maximum absolute atomic E-state index is 11.9. The highest BCUT2D eigenvalue weighted by Gasteiger charge is 2.29. The fourth-order valence-corrected chi connectivity index (χ4v) is 4.86. The SMILES string of the molecule is C=C(C(C)c1ccc(CN2CCCC2)cc1)N(C)CCC(C)c1ccccc1.Cc1ccc(C(F)(F)F)cc1. The summed E-state index contributed by atoms with van der Waals surface area (Å²) in [4.78, 5) is 4.89. The van der Waals surface area contributed by atoms with E-state index in [1.54, 1.807) is 6.92 Å². The van der Waals surface area contributed by atoms with Crippen LogP contribution >= 0.6 is 0 Å². The second-order valence-corrected chi connectivity index (χ2v) is 10.8. The predicted octanol–water partition coefficient (Wildman–Crippen LogP) is 9.04. The first-order valence-electron chi connectivity index (χ1n) is 13.9. The summed E-state index contributed by atoms with van der Waals surface area (Å²) in [5.74, 6) is 0.912. The van der Waals surface area contributed by atoms with E-state index in [1.807, 2.05) is 0 Å². The first-order chi connectivity index (χ1) is 18.5. The van der Waals surface area contributed by atoms with Gasteiger partial charge in [0, 0.05) is 31.8 Å². The molecule has 0 bridgehead atoms. The highest BCUT2D eigenvalue weighted by Crippen LogP contribution is 2.29. The second kappa shape index (κ2) is 14.4. The van der Waals surface area contributed by atoms with Crippen molar-refractivity contribution in [1.29, 1.82) is 0 Å². The summed E-state index contributed by atoms with van der Waals surface area (Å²) < 4.78 is 35.8. The van der Waals surface area contributed by atoms with Gasteiger partial charge in [0.25, 0.3) is 0 Å². The van der Waals surface area contributed by atoms with Crippen LogP contribution in [0, 0.1) is 6.92 Å². The molecule has 2 nitrogen and oxygen atoms in total. The number of aryl methyl sites for hydroxylation is 1. The number of alkyl halides is 3. The Morgan fingerprint density at radius 1 is 0.872 bits per heavy atom. The van der Waals surface area contributed by atoms with E-state index in [1.165, 1.54) is 60.5 Å². The van der Waals surface area contributed by atoms with E-state index in [-0.39, 0.29) is 0 Å². The highest BCUT2D eigenvalue weighted by atomic mass is 19.4. The van der Waals surface area contributed by atoms with Crippen LogP contribution in [-0.2, 0) is 12.7 Å². The monoisotopic (exact) mass is 536 g/mol. The van der Waals surface area contributed by atoms with Gasteiger partial charge in [-0.05, 0) is 74.0 Å². The highest BCUT2D eigenvalue weighted by molar-refractivity contribution is 5.30. The first kappa shape index (κ1) is 30.5. The number of likely N-dealkylation sites (tertiary alicyclic amines) is 1. The minimum Gasteiger partial charge on any atom is -0.378 e. The summed E-state index contributed by atoms with van der Waals surface area (Å²) >= 11 is 0. The Bertz CT molecular complexity index is 1130. The van der Waals surface area contributed by atoms with Crippen molar-refractivity contribution in [1.82, 2.24) is 9.80 Å². The zero-order valence-corrected chi connectivity index (χ0v) is 23.8. The molecular formula is C34H43F3N2. The standard InChI is InChI=1S/C26H36N2.C8H7F3/c1-21(25-10-6-5-7-11-25)16-19-27(4)23(3)22(2)26-14-12-24(13-15-26)20-28-17-8-9-18-28;1-6-2-4-7(5-3-6)8(9,10)11/h5-7,10-15,21-22H,3,8-9,16-20H2,1-2,4H3;2-5H,1H3. The molecule has 0 aliphatic carbocycles. The average molecular weight is 537 g/mol. The largest absolute Gasteiger partial charge is 0.416 e. The topological polar surface area (TPSA) is 6.48 Å². The molecule has 4 rings (SSSR count). The molecule has 1 heterocycles. The van der Waals surface area contributed by atoms with Crippen molar-refractivity contribution in [3.05, 3.63) is 119 Å². The van der Waals surface area contributed by atoms with Crippen LogP contribution in [0.1, 0.15) is 72.8 Å². The molecule has 0 N–H and O–H groups in total. The summed E-state index contributed by atoms with van der Waals surface area (Å²) in [5.41, 5.74) is 5.64. The predicted molar refractivity (Wildman–Crippen MR) is 157 cm³/mol. The van der Waals surface area contributed by atoms with Crippen LogP contribution in [0.4, 0.5) is 13.2 Å². The van der Waals surface area contributed by atoms with Crippen molar-refractivity contribution in [2.24, 2.45) is 0 Å². The normalized spacial score (nSPS) is 15.3. The summed E-state index contributed by atoms with van der Waals surface area (Å²) in [7, 11) is 2.18. The molecule has 1 fully saturated rings. The van der Waals surface area contributed by atoms with E-state index in [4.69, 9.17) is 0 Å². The van der Waals surface area contributed by atoms with Gasteiger partial charge < -0.3 is 4.90 Å². The quantitative estimate of drug-likeness (QED) is 0.269. The third-order valence-electron chi connectivity index (χ3n) is 7.72. The van der Waals surface area contributed by atoms with Gasteiger partial charge in [0.15, 0.2) is 0 Å². The summed E-state index contributed by atoms with van der Waals surface area (Å²) in [5, 5.41) is 0. The van der Waals surface area contributed by atoms with E-state index in [0.29, 0.717) is 11.8 Å². The van der Waals surface area contributed by atoms with Crippen LogP contribution in [0.3, 0.4) is 0 Å². The third-order valence-corrected chi connectivity index (χ3v) is 7.72. The van der Waals surface area contributed by atoms with Gasteiger partial charge in [0.1, 0.15) is 0 Å². The Kier molecular flexibility index (Phi) is 11.2. The van der Waals surface area contributed by atoms with Gasteiger partial charge >= 0.3 is 6.18 Å². The number of hydrogen-bond acceptors (Lipinski definition) is 2. The Balaban J connectivity index is 0.000000320. The fraction of sp³-hybridized carbons (Fsp3) is 0.412. The molecule has 1 aliphatic heterocycles. The lowest BCUT2D eigenvalue weighted by atomic mass is 9.95. The van der Waals surface area contributed by atoms with E-state index >= 15 is 0 Å². The van der Waals surface area contributed by atoms with E-state index in [9.17, 15) is 13.2 Å². The number of allylic oxidation sites excluding steroid dienone is 1. The zero-order valence-electron chi connectivity index (χ0n) is 23.8. The van der Waals surface area contributed by atoms with Crippen LogP contribution in [0.25, 0.3) is 0 Å². The Labute approximate surface area is 233 Å². The first-order valence-corrected chi connectivity index (χ1v) is 13.9. The number of benzene rings is 3. The van der Waals surface area contributed by atoms with Crippen LogP contribution in [0.15, 0.2) is 91.1 Å². The van der Waals surface area contributed by atoms with Gasteiger partial charge in [-0.3, -0.25) is 4.90 Å². The van der Waals surface area contributed by atoms with Gasteiger partial charge in [0.2, 0.25) is 0 Å². The Morgan fingerprint density at radius 2 is 1.46 bits per heavy atom. The van der Waals surface area contributed by atoms with Crippen molar-refractivity contribution in [2.45, 2.75) is 64.6 Å². The van der Waals surface area contributed by atoms with Crippen molar-refractivity contribution >= 4 is 0 Å². The number of hydrogen-bond donors (Lipinski definition) is 0. The van der Waals surface area contributed by atoms with Crippen molar-refractivity contribution in [3.63, 3.8) is 0 Å². The number of halogens is 3. The van der Waals surface area contributed by atoms with Gasteiger partial charge in [-0.1, -0.05) is 92.7 Å². The number of nitrogens with zero attached hydrogens (tertiary/aromatic N) is 2. The minimum absolute atomic E-state index is 0.345. The second-order valence-electron chi connectivity index (χ2n) is 10.8. The minimum atomic E-state index is -4.21. The fourth-order valence-electron chi connectivity index (χ4n) is 4.86. The van der Waals surface area contributed by atoms with Gasteiger partial charge in [0.05, 0.1) is 5.56 Å². The summed E-state index contributed by atoms with van der Waals surface area (Å²) in [6, 6.07) is 25.0. The molecule has 3 aromatic carbocycles. The van der Waals surface area contributed by atoms with Gasteiger partial charge in [-0.15, -0.1) is 0 Å². The molecule has 0 radical (unpaired) electrons.